The molecule has 0 aromatic heterocycles. The van der Waals surface area contributed by atoms with E-state index in [0.29, 0.717) is 0 Å². The monoisotopic (exact) mass is 765 g/mol. The van der Waals surface area contributed by atoms with Crippen molar-refractivity contribution < 1.29 is 4.74 Å². The zero-order chi connectivity index (χ0) is 39.8. The second kappa shape index (κ2) is 15.1. The summed E-state index contributed by atoms with van der Waals surface area (Å²) in [5, 5.41) is 2.41. The van der Waals surface area contributed by atoms with E-state index in [0.717, 1.165) is 61.9 Å². The molecule has 1 aliphatic rings. The molecule has 0 radical (unpaired) electrons. The molecule has 60 heavy (non-hydrogen) atoms. The van der Waals surface area contributed by atoms with Crippen molar-refractivity contribution in [3.05, 3.63) is 237 Å². The van der Waals surface area contributed by atoms with Crippen LogP contribution in [0, 0.1) is 0 Å². The van der Waals surface area contributed by atoms with Crippen molar-refractivity contribution in [2.75, 3.05) is 4.90 Å². The van der Waals surface area contributed by atoms with E-state index in [1.165, 1.54) is 44.2 Å². The molecule has 1 heterocycles. The first-order valence-electron chi connectivity index (χ1n) is 20.5. The fraction of sp³-hybridized carbons (Fsp3) is 0. The predicted octanol–water partition coefficient (Wildman–Crippen LogP) is 16.4. The molecule has 0 bridgehead atoms. The number of benzene rings is 10. The van der Waals surface area contributed by atoms with Crippen LogP contribution < -0.4 is 9.64 Å². The Balaban J connectivity index is 1.02. The van der Waals surface area contributed by atoms with E-state index < -0.39 is 0 Å². The summed E-state index contributed by atoms with van der Waals surface area (Å²) in [5.41, 5.74) is 17.0. The van der Waals surface area contributed by atoms with Gasteiger partial charge in [0.15, 0.2) is 0 Å². The SMILES string of the molecule is c1ccc(-c2ccc(-c3ccc(N(c4ccc(-c5ccccc5)cc4)c4ccc5c(c4)-c4ccccc4-c4cccc(-c6cccc7ccccc67)c4O5)cc3)cc2)cc1. The summed E-state index contributed by atoms with van der Waals surface area (Å²) in [6.07, 6.45) is 0. The molecule has 2 nitrogen and oxygen atoms in total. The highest BCUT2D eigenvalue weighted by Gasteiger charge is 2.25. The number of fused-ring (bicyclic) bond motifs is 6. The van der Waals surface area contributed by atoms with Crippen LogP contribution in [0.1, 0.15) is 0 Å². The van der Waals surface area contributed by atoms with Gasteiger partial charge >= 0.3 is 0 Å². The van der Waals surface area contributed by atoms with Gasteiger partial charge in [0.2, 0.25) is 0 Å². The maximum absolute atomic E-state index is 7.11. The summed E-state index contributed by atoms with van der Waals surface area (Å²) in [6, 6.07) is 84.6. The van der Waals surface area contributed by atoms with E-state index in [2.05, 4.69) is 241 Å². The van der Waals surface area contributed by atoms with Gasteiger partial charge in [-0.15, -0.1) is 0 Å². The second-order valence-corrected chi connectivity index (χ2v) is 15.3. The van der Waals surface area contributed by atoms with Gasteiger partial charge < -0.3 is 9.64 Å². The summed E-state index contributed by atoms with van der Waals surface area (Å²) in [5.74, 6) is 1.69. The van der Waals surface area contributed by atoms with E-state index in [9.17, 15) is 0 Å². The first-order chi connectivity index (χ1) is 29.7. The number of nitrogens with zero attached hydrogens (tertiary/aromatic N) is 1. The van der Waals surface area contributed by atoms with E-state index in [1.54, 1.807) is 0 Å². The van der Waals surface area contributed by atoms with Gasteiger partial charge in [0.1, 0.15) is 11.5 Å². The number of para-hydroxylation sites is 1. The van der Waals surface area contributed by atoms with Gasteiger partial charge in [-0.1, -0.05) is 194 Å². The van der Waals surface area contributed by atoms with Crippen molar-refractivity contribution in [3.8, 4) is 78.3 Å². The topological polar surface area (TPSA) is 12.5 Å². The average molecular weight is 766 g/mol. The second-order valence-electron chi connectivity index (χ2n) is 15.3. The molecule has 0 saturated heterocycles. The highest BCUT2D eigenvalue weighted by molar-refractivity contribution is 6.02. The summed E-state index contributed by atoms with van der Waals surface area (Å²) < 4.78 is 7.11. The van der Waals surface area contributed by atoms with Crippen molar-refractivity contribution >= 4 is 27.8 Å². The third kappa shape index (κ3) is 6.41. The molecule has 0 spiro atoms. The standard InChI is InChI=1S/C58H39NO/c1-3-13-40(14-4-1)42-25-27-43(28-26-42)45-31-35-48(36-32-45)59(47-33-29-44(30-34-47)41-15-5-2-6-16-41)49-37-38-57-56(39-49)53-21-10-9-20-52(53)55-24-12-23-54(58(55)60-57)51-22-11-18-46-17-7-8-19-50(46)51/h1-39H. The molecule has 11 rings (SSSR count). The van der Waals surface area contributed by atoms with Crippen LogP contribution in [0.15, 0.2) is 237 Å². The number of anilines is 3. The molecule has 0 N–H and O–H groups in total. The molecule has 0 amide bonds. The van der Waals surface area contributed by atoms with Gasteiger partial charge in [0.05, 0.1) is 0 Å². The fourth-order valence-corrected chi connectivity index (χ4v) is 8.72. The third-order valence-corrected chi connectivity index (χ3v) is 11.7. The van der Waals surface area contributed by atoms with Crippen molar-refractivity contribution in [2.24, 2.45) is 0 Å². The Morgan fingerprint density at radius 1 is 0.267 bits per heavy atom. The molecule has 10 aromatic carbocycles. The molecular formula is C58H39NO. The van der Waals surface area contributed by atoms with Gasteiger partial charge in [-0.25, -0.2) is 0 Å². The van der Waals surface area contributed by atoms with E-state index in [-0.39, 0.29) is 0 Å². The molecule has 282 valence electrons. The Morgan fingerprint density at radius 2 is 0.667 bits per heavy atom. The van der Waals surface area contributed by atoms with Gasteiger partial charge in [0, 0.05) is 33.8 Å². The Bertz CT molecular complexity index is 3130. The lowest BCUT2D eigenvalue weighted by Gasteiger charge is -2.27. The summed E-state index contributed by atoms with van der Waals surface area (Å²) in [7, 11) is 0. The average Bonchev–Trinajstić information content (AvgIpc) is 3.47. The lowest BCUT2D eigenvalue weighted by atomic mass is 9.91. The van der Waals surface area contributed by atoms with Crippen molar-refractivity contribution in [3.63, 3.8) is 0 Å². The third-order valence-electron chi connectivity index (χ3n) is 11.7. The molecule has 0 atom stereocenters. The van der Waals surface area contributed by atoms with Crippen LogP contribution >= 0.6 is 0 Å². The number of hydrogen-bond donors (Lipinski definition) is 0. The lowest BCUT2D eigenvalue weighted by Crippen LogP contribution is -2.10. The zero-order valence-corrected chi connectivity index (χ0v) is 32.9. The minimum absolute atomic E-state index is 0.825. The van der Waals surface area contributed by atoms with Crippen LogP contribution in [0.2, 0.25) is 0 Å². The van der Waals surface area contributed by atoms with Crippen LogP contribution in [-0.4, -0.2) is 0 Å². The molecule has 1 aliphatic heterocycles. The smallest absolute Gasteiger partial charge is 0.143 e. The number of hydrogen-bond acceptors (Lipinski definition) is 2. The van der Waals surface area contributed by atoms with Crippen LogP contribution in [0.5, 0.6) is 11.5 Å². The summed E-state index contributed by atoms with van der Waals surface area (Å²) in [6.45, 7) is 0. The first kappa shape index (κ1) is 35.2. The quantitative estimate of drug-likeness (QED) is 0.160. The Morgan fingerprint density at radius 3 is 1.27 bits per heavy atom. The van der Waals surface area contributed by atoms with Gasteiger partial charge in [-0.2, -0.15) is 0 Å². The maximum atomic E-state index is 7.11. The number of ether oxygens (including phenoxy) is 1. The molecular weight excluding hydrogens is 727 g/mol. The zero-order valence-electron chi connectivity index (χ0n) is 32.9. The first-order valence-corrected chi connectivity index (χ1v) is 20.5. The molecule has 0 aliphatic carbocycles. The minimum Gasteiger partial charge on any atom is -0.455 e. The fourth-order valence-electron chi connectivity index (χ4n) is 8.72. The van der Waals surface area contributed by atoms with Gasteiger partial charge in [-0.3, -0.25) is 0 Å². The predicted molar refractivity (Wildman–Crippen MR) is 251 cm³/mol. The highest BCUT2D eigenvalue weighted by Crippen LogP contribution is 2.52. The molecule has 0 fully saturated rings. The lowest BCUT2D eigenvalue weighted by molar-refractivity contribution is 0.489. The summed E-state index contributed by atoms with van der Waals surface area (Å²) in [4.78, 5) is 2.35. The molecule has 0 saturated carbocycles. The van der Waals surface area contributed by atoms with E-state index in [4.69, 9.17) is 4.74 Å². The normalized spacial score (nSPS) is 11.5. The maximum Gasteiger partial charge on any atom is 0.143 e. The van der Waals surface area contributed by atoms with Gasteiger partial charge in [0.25, 0.3) is 0 Å². The van der Waals surface area contributed by atoms with Crippen molar-refractivity contribution in [2.45, 2.75) is 0 Å². The highest BCUT2D eigenvalue weighted by atomic mass is 16.5. The Hall–Kier alpha value is -7.94. The van der Waals surface area contributed by atoms with Crippen LogP contribution in [0.4, 0.5) is 17.1 Å². The van der Waals surface area contributed by atoms with Crippen molar-refractivity contribution in [1.82, 2.24) is 0 Å². The van der Waals surface area contributed by atoms with Crippen molar-refractivity contribution in [1.29, 1.82) is 0 Å². The largest absolute Gasteiger partial charge is 0.455 e. The molecule has 10 aromatic rings. The summed E-state index contributed by atoms with van der Waals surface area (Å²) >= 11 is 0. The van der Waals surface area contributed by atoms with Crippen LogP contribution in [0.3, 0.4) is 0 Å². The number of rotatable bonds is 7. The molecule has 0 unspecified atom stereocenters. The Kier molecular flexibility index (Phi) is 8.87. The van der Waals surface area contributed by atoms with Crippen LogP contribution in [0.25, 0.3) is 77.5 Å². The van der Waals surface area contributed by atoms with E-state index in [1.807, 2.05) is 0 Å². The molecule has 2 heteroatoms. The minimum atomic E-state index is 0.825. The van der Waals surface area contributed by atoms with Crippen LogP contribution in [-0.2, 0) is 0 Å². The Labute approximate surface area is 350 Å². The van der Waals surface area contributed by atoms with Gasteiger partial charge in [-0.05, 0) is 103 Å². The van der Waals surface area contributed by atoms with E-state index >= 15 is 0 Å².